The minimum Gasteiger partial charge on any atom is -0.345 e. The minimum atomic E-state index is -0.335. The number of rotatable bonds is 5. The van der Waals surface area contributed by atoms with Crippen LogP contribution in [0.25, 0.3) is 10.9 Å². The van der Waals surface area contributed by atoms with Crippen LogP contribution in [-0.2, 0) is 11.3 Å². The Morgan fingerprint density at radius 2 is 1.89 bits per heavy atom. The maximum absolute atomic E-state index is 13.7. The van der Waals surface area contributed by atoms with Crippen LogP contribution in [0, 0.1) is 11.7 Å². The van der Waals surface area contributed by atoms with Gasteiger partial charge < -0.3 is 9.47 Å². The van der Waals surface area contributed by atoms with E-state index in [0.29, 0.717) is 29.8 Å². The van der Waals surface area contributed by atoms with Gasteiger partial charge in [0.25, 0.3) is 0 Å². The molecule has 0 spiro atoms. The van der Waals surface area contributed by atoms with Crippen molar-refractivity contribution in [1.29, 1.82) is 0 Å². The Morgan fingerprint density at radius 3 is 2.64 bits per heavy atom. The highest BCUT2D eigenvalue weighted by atomic mass is 19.1. The number of hydrogen-bond donors (Lipinski definition) is 0. The average Bonchev–Trinajstić information content (AvgIpc) is 3.27. The van der Waals surface area contributed by atoms with Crippen molar-refractivity contribution in [2.24, 2.45) is 5.92 Å². The molecule has 2 aromatic rings. The van der Waals surface area contributed by atoms with Gasteiger partial charge in [0.05, 0.1) is 0 Å². The standard InChI is InChI=1S/C23H29FN2O2/c1-16(27)21-15-25(22-10-9-18(24)13-20(21)22)14-19-8-5-11-26(19)23(28)12-17-6-3-2-4-7-17/h9-10,13,15,17,19H,2-8,11-12,14H2,1H3/t19-/m0/s1. The van der Waals surface area contributed by atoms with Crippen molar-refractivity contribution in [2.45, 2.75) is 70.9 Å². The summed E-state index contributed by atoms with van der Waals surface area (Å²) in [5.41, 5.74) is 1.41. The molecule has 150 valence electrons. The van der Waals surface area contributed by atoms with E-state index in [1.807, 2.05) is 10.8 Å². The molecule has 0 N–H and O–H groups in total. The van der Waals surface area contributed by atoms with Crippen molar-refractivity contribution >= 4 is 22.6 Å². The van der Waals surface area contributed by atoms with E-state index in [0.717, 1.165) is 24.9 Å². The molecule has 2 aliphatic rings. The van der Waals surface area contributed by atoms with Crippen molar-refractivity contribution < 1.29 is 14.0 Å². The zero-order valence-corrected chi connectivity index (χ0v) is 16.6. The lowest BCUT2D eigenvalue weighted by Crippen LogP contribution is -2.39. The molecule has 1 atom stereocenters. The summed E-state index contributed by atoms with van der Waals surface area (Å²) >= 11 is 0. The van der Waals surface area contributed by atoms with E-state index in [2.05, 4.69) is 4.90 Å². The van der Waals surface area contributed by atoms with Gasteiger partial charge in [0.2, 0.25) is 5.91 Å². The van der Waals surface area contributed by atoms with Gasteiger partial charge >= 0.3 is 0 Å². The lowest BCUT2D eigenvalue weighted by Gasteiger charge is -2.28. The summed E-state index contributed by atoms with van der Waals surface area (Å²) in [7, 11) is 0. The van der Waals surface area contributed by atoms with Crippen LogP contribution in [0.5, 0.6) is 0 Å². The number of halogens is 1. The Labute approximate surface area is 165 Å². The van der Waals surface area contributed by atoms with Gasteiger partial charge in [0.15, 0.2) is 5.78 Å². The second-order valence-electron chi connectivity index (χ2n) is 8.50. The van der Waals surface area contributed by atoms with Gasteiger partial charge in [0.1, 0.15) is 5.82 Å². The third-order valence-corrected chi connectivity index (χ3v) is 6.52. The fourth-order valence-corrected chi connectivity index (χ4v) is 5.04. The predicted octanol–water partition coefficient (Wildman–Crippen LogP) is 4.94. The maximum Gasteiger partial charge on any atom is 0.223 e. The predicted molar refractivity (Wildman–Crippen MR) is 108 cm³/mol. The van der Waals surface area contributed by atoms with Gasteiger partial charge in [-0.05, 0) is 56.7 Å². The Hall–Kier alpha value is -2.17. The monoisotopic (exact) mass is 384 g/mol. The molecule has 0 unspecified atom stereocenters. The summed E-state index contributed by atoms with van der Waals surface area (Å²) < 4.78 is 15.7. The van der Waals surface area contributed by atoms with Crippen LogP contribution in [0.1, 0.15) is 68.6 Å². The third kappa shape index (κ3) is 3.85. The second kappa shape index (κ2) is 8.06. The van der Waals surface area contributed by atoms with E-state index in [-0.39, 0.29) is 23.5 Å². The van der Waals surface area contributed by atoms with Crippen LogP contribution in [0.3, 0.4) is 0 Å². The number of likely N-dealkylation sites (tertiary alicyclic amines) is 1. The van der Waals surface area contributed by atoms with Crippen LogP contribution in [0.2, 0.25) is 0 Å². The first-order valence-corrected chi connectivity index (χ1v) is 10.6. The lowest BCUT2D eigenvalue weighted by molar-refractivity contribution is -0.133. The van der Waals surface area contributed by atoms with Crippen molar-refractivity contribution in [1.82, 2.24) is 9.47 Å². The molecule has 1 saturated carbocycles. The van der Waals surface area contributed by atoms with Crippen LogP contribution < -0.4 is 0 Å². The fourth-order valence-electron chi connectivity index (χ4n) is 5.04. The first kappa shape index (κ1) is 19.2. The second-order valence-corrected chi connectivity index (χ2v) is 8.50. The molecule has 2 heterocycles. The van der Waals surface area contributed by atoms with Crippen LogP contribution in [-0.4, -0.2) is 33.7 Å². The van der Waals surface area contributed by atoms with Gasteiger partial charge in [-0.1, -0.05) is 19.3 Å². The van der Waals surface area contributed by atoms with E-state index >= 15 is 0 Å². The number of hydrogen-bond acceptors (Lipinski definition) is 2. The molecular formula is C23H29FN2O2. The zero-order chi connectivity index (χ0) is 19.7. The Bertz CT molecular complexity index is 882. The van der Waals surface area contributed by atoms with Gasteiger partial charge in [-0.25, -0.2) is 4.39 Å². The van der Waals surface area contributed by atoms with Gasteiger partial charge in [0, 0.05) is 48.2 Å². The molecule has 1 aliphatic carbocycles. The molecule has 1 saturated heterocycles. The summed E-state index contributed by atoms with van der Waals surface area (Å²) in [6, 6.07) is 4.75. The molecule has 2 fully saturated rings. The molecule has 5 heteroatoms. The Kier molecular flexibility index (Phi) is 5.51. The Balaban J connectivity index is 1.53. The van der Waals surface area contributed by atoms with Gasteiger partial charge in [-0.15, -0.1) is 0 Å². The molecule has 1 aliphatic heterocycles. The highest BCUT2D eigenvalue weighted by Gasteiger charge is 2.31. The number of benzene rings is 1. The topological polar surface area (TPSA) is 42.3 Å². The highest BCUT2D eigenvalue weighted by Crippen LogP contribution is 2.30. The van der Waals surface area contributed by atoms with Crippen molar-refractivity contribution in [3.63, 3.8) is 0 Å². The number of carbonyl (C=O) groups is 2. The minimum absolute atomic E-state index is 0.0639. The van der Waals surface area contributed by atoms with E-state index in [1.165, 1.54) is 51.2 Å². The quantitative estimate of drug-likeness (QED) is 0.685. The largest absolute Gasteiger partial charge is 0.345 e. The van der Waals surface area contributed by atoms with E-state index in [1.54, 1.807) is 6.07 Å². The number of fused-ring (bicyclic) bond motifs is 1. The van der Waals surface area contributed by atoms with Crippen LogP contribution in [0.15, 0.2) is 24.4 Å². The van der Waals surface area contributed by atoms with Gasteiger partial charge in [-0.2, -0.15) is 0 Å². The van der Waals surface area contributed by atoms with Crippen molar-refractivity contribution in [3.05, 3.63) is 35.8 Å². The molecule has 4 rings (SSSR count). The zero-order valence-electron chi connectivity index (χ0n) is 16.6. The fraction of sp³-hybridized carbons (Fsp3) is 0.565. The molecule has 1 amide bonds. The number of ketones is 1. The Morgan fingerprint density at radius 1 is 1.11 bits per heavy atom. The summed E-state index contributed by atoms with van der Waals surface area (Å²) in [5.74, 6) is 0.426. The summed E-state index contributed by atoms with van der Waals surface area (Å²) in [5, 5.41) is 0.658. The number of carbonyl (C=O) groups excluding carboxylic acids is 2. The number of Topliss-reactive ketones (excluding diaryl/α,β-unsaturated/α-hetero) is 1. The smallest absolute Gasteiger partial charge is 0.223 e. The maximum atomic E-state index is 13.7. The average molecular weight is 384 g/mol. The molecule has 4 nitrogen and oxygen atoms in total. The lowest BCUT2D eigenvalue weighted by atomic mass is 9.86. The van der Waals surface area contributed by atoms with E-state index in [9.17, 15) is 14.0 Å². The number of aromatic nitrogens is 1. The first-order valence-electron chi connectivity index (χ1n) is 10.6. The van der Waals surface area contributed by atoms with Crippen LogP contribution in [0.4, 0.5) is 4.39 Å². The summed E-state index contributed by atoms with van der Waals surface area (Å²) in [6.07, 6.45) is 10.7. The number of nitrogens with zero attached hydrogens (tertiary/aromatic N) is 2. The molecular weight excluding hydrogens is 355 g/mol. The van der Waals surface area contributed by atoms with E-state index < -0.39 is 0 Å². The summed E-state index contributed by atoms with van der Waals surface area (Å²) in [6.45, 7) is 3.00. The molecule has 0 bridgehead atoms. The molecule has 1 aromatic heterocycles. The molecule has 0 radical (unpaired) electrons. The molecule has 28 heavy (non-hydrogen) atoms. The SMILES string of the molecule is CC(=O)c1cn(C[C@@H]2CCCN2C(=O)CC2CCCCC2)c2ccc(F)cc12. The third-order valence-electron chi connectivity index (χ3n) is 6.52. The molecule has 1 aromatic carbocycles. The van der Waals surface area contributed by atoms with Crippen LogP contribution >= 0.6 is 0 Å². The van der Waals surface area contributed by atoms with Crippen molar-refractivity contribution in [3.8, 4) is 0 Å². The first-order chi connectivity index (χ1) is 13.5. The normalized spacial score (nSPS) is 20.8. The van der Waals surface area contributed by atoms with E-state index in [4.69, 9.17) is 0 Å². The van der Waals surface area contributed by atoms with Crippen molar-refractivity contribution in [2.75, 3.05) is 6.54 Å². The van der Waals surface area contributed by atoms with Gasteiger partial charge in [-0.3, -0.25) is 9.59 Å². The highest BCUT2D eigenvalue weighted by molar-refractivity contribution is 6.07. The summed E-state index contributed by atoms with van der Waals surface area (Å²) in [4.78, 5) is 27.0. The number of amides is 1.